The molecule has 1 atom stereocenters. The number of rotatable bonds is 4. The van der Waals surface area contributed by atoms with Crippen molar-refractivity contribution in [3.63, 3.8) is 0 Å². The van der Waals surface area contributed by atoms with Crippen LogP contribution in [0.2, 0.25) is 0 Å². The average Bonchev–Trinajstić information content (AvgIpc) is 3.04. The minimum atomic E-state index is 0.187. The predicted octanol–water partition coefficient (Wildman–Crippen LogP) is 3.15. The van der Waals surface area contributed by atoms with Crippen molar-refractivity contribution in [2.24, 2.45) is 0 Å². The molecule has 2 aromatic rings. The zero-order valence-electron chi connectivity index (χ0n) is 11.9. The summed E-state index contributed by atoms with van der Waals surface area (Å²) in [6.45, 7) is 1.90. The highest BCUT2D eigenvalue weighted by Gasteiger charge is 2.26. The molecule has 0 spiro atoms. The fourth-order valence-corrected chi connectivity index (χ4v) is 4.51. The molecule has 0 amide bonds. The van der Waals surface area contributed by atoms with Crippen LogP contribution < -0.4 is 4.74 Å². The quantitative estimate of drug-likeness (QED) is 0.937. The van der Waals surface area contributed by atoms with Crippen molar-refractivity contribution in [3.8, 4) is 11.5 Å². The van der Waals surface area contributed by atoms with Crippen molar-refractivity contribution in [2.45, 2.75) is 12.6 Å². The van der Waals surface area contributed by atoms with Gasteiger partial charge in [0, 0.05) is 36.2 Å². The Morgan fingerprint density at radius 1 is 1.48 bits per heavy atom. The van der Waals surface area contributed by atoms with E-state index in [9.17, 15) is 5.11 Å². The first-order valence-electron chi connectivity index (χ1n) is 6.85. The van der Waals surface area contributed by atoms with E-state index in [1.54, 1.807) is 24.5 Å². The van der Waals surface area contributed by atoms with Crippen molar-refractivity contribution in [2.75, 3.05) is 25.2 Å². The maximum absolute atomic E-state index is 9.69. The zero-order valence-corrected chi connectivity index (χ0v) is 13.5. The summed E-state index contributed by atoms with van der Waals surface area (Å²) in [5, 5.41) is 12.9. The molecule has 6 heteroatoms. The van der Waals surface area contributed by atoms with Gasteiger partial charge in [0.1, 0.15) is 5.01 Å². The number of hydrogen-bond donors (Lipinski definition) is 1. The van der Waals surface area contributed by atoms with Crippen molar-refractivity contribution >= 4 is 23.1 Å². The first-order valence-corrected chi connectivity index (χ1v) is 8.88. The number of phenols is 1. The van der Waals surface area contributed by atoms with E-state index in [-0.39, 0.29) is 5.75 Å². The minimum Gasteiger partial charge on any atom is -0.504 e. The highest BCUT2D eigenvalue weighted by Crippen LogP contribution is 2.33. The minimum absolute atomic E-state index is 0.187. The Morgan fingerprint density at radius 3 is 3.14 bits per heavy atom. The Bertz CT molecular complexity index is 589. The van der Waals surface area contributed by atoms with Gasteiger partial charge in [-0.05, 0) is 17.7 Å². The van der Waals surface area contributed by atoms with Gasteiger partial charge in [-0.1, -0.05) is 6.07 Å². The Balaban J connectivity index is 1.78. The molecule has 3 rings (SSSR count). The SMILES string of the molecule is COc1cc(CN2CCSC[C@H]2c2nccs2)ccc1O. The number of phenolic OH excluding ortho intramolecular Hbond substituents is 1. The molecule has 0 saturated carbocycles. The van der Waals surface area contributed by atoms with Gasteiger partial charge in [-0.25, -0.2) is 4.98 Å². The Morgan fingerprint density at radius 2 is 2.38 bits per heavy atom. The van der Waals surface area contributed by atoms with Crippen molar-refractivity contribution in [3.05, 3.63) is 40.3 Å². The monoisotopic (exact) mass is 322 g/mol. The van der Waals surface area contributed by atoms with Gasteiger partial charge in [0.05, 0.1) is 13.2 Å². The number of nitrogens with zero attached hydrogens (tertiary/aromatic N) is 2. The summed E-state index contributed by atoms with van der Waals surface area (Å²) in [5.41, 5.74) is 1.15. The largest absolute Gasteiger partial charge is 0.504 e. The molecule has 1 aliphatic heterocycles. The van der Waals surface area contributed by atoms with E-state index >= 15 is 0 Å². The second-order valence-corrected chi connectivity index (χ2v) is 7.01. The molecule has 4 nitrogen and oxygen atoms in total. The molecule has 0 bridgehead atoms. The molecule has 112 valence electrons. The molecule has 1 N–H and O–H groups in total. The fraction of sp³-hybridized carbons (Fsp3) is 0.400. The van der Waals surface area contributed by atoms with Crippen LogP contribution in [0.3, 0.4) is 0 Å². The third kappa shape index (κ3) is 3.33. The maximum atomic E-state index is 9.69. The molecular formula is C15H18N2O2S2. The standard InChI is InChI=1S/C15H18N2O2S2/c1-19-14-8-11(2-3-13(14)18)9-17-5-7-20-10-12(17)15-16-4-6-21-15/h2-4,6,8,12,18H,5,7,9-10H2,1H3/t12-/m0/s1. The van der Waals surface area contributed by atoms with Gasteiger partial charge in [0.25, 0.3) is 0 Å². The number of aromatic hydroxyl groups is 1. The van der Waals surface area contributed by atoms with Crippen LogP contribution in [0.25, 0.3) is 0 Å². The van der Waals surface area contributed by atoms with E-state index in [0.29, 0.717) is 11.8 Å². The van der Waals surface area contributed by atoms with Crippen LogP contribution in [-0.4, -0.2) is 40.2 Å². The molecule has 1 saturated heterocycles. The van der Waals surface area contributed by atoms with Gasteiger partial charge in [-0.2, -0.15) is 11.8 Å². The summed E-state index contributed by atoms with van der Waals surface area (Å²) < 4.78 is 5.19. The molecule has 1 fully saturated rings. The number of methoxy groups -OCH3 is 1. The number of thiazole rings is 1. The predicted molar refractivity (Wildman–Crippen MR) is 87.2 cm³/mol. The van der Waals surface area contributed by atoms with E-state index in [1.807, 2.05) is 35.5 Å². The molecule has 0 radical (unpaired) electrons. The fourth-order valence-electron chi connectivity index (χ4n) is 2.51. The molecule has 2 heterocycles. The van der Waals surface area contributed by atoms with E-state index in [2.05, 4.69) is 9.88 Å². The molecule has 1 aliphatic rings. The van der Waals surface area contributed by atoms with Crippen LogP contribution in [0.5, 0.6) is 11.5 Å². The average molecular weight is 322 g/mol. The van der Waals surface area contributed by atoms with Crippen LogP contribution in [0, 0.1) is 0 Å². The van der Waals surface area contributed by atoms with Gasteiger partial charge >= 0.3 is 0 Å². The van der Waals surface area contributed by atoms with Crippen molar-refractivity contribution < 1.29 is 9.84 Å². The van der Waals surface area contributed by atoms with Crippen LogP contribution >= 0.6 is 23.1 Å². The maximum Gasteiger partial charge on any atom is 0.160 e. The Kier molecular flexibility index (Phi) is 4.67. The molecular weight excluding hydrogens is 304 g/mol. The summed E-state index contributed by atoms with van der Waals surface area (Å²) in [6.07, 6.45) is 1.88. The van der Waals surface area contributed by atoms with Crippen LogP contribution in [0.15, 0.2) is 29.8 Å². The molecule has 21 heavy (non-hydrogen) atoms. The topological polar surface area (TPSA) is 45.6 Å². The lowest BCUT2D eigenvalue weighted by Crippen LogP contribution is -2.35. The third-order valence-electron chi connectivity index (χ3n) is 3.61. The summed E-state index contributed by atoms with van der Waals surface area (Å²) >= 11 is 3.71. The zero-order chi connectivity index (χ0) is 14.7. The van der Waals surface area contributed by atoms with E-state index in [4.69, 9.17) is 4.74 Å². The number of aromatic nitrogens is 1. The molecule has 0 unspecified atom stereocenters. The van der Waals surface area contributed by atoms with E-state index in [0.717, 1.165) is 30.2 Å². The summed E-state index contributed by atoms with van der Waals surface area (Å²) in [4.78, 5) is 6.94. The van der Waals surface area contributed by atoms with Gasteiger partial charge in [-0.15, -0.1) is 11.3 Å². The highest BCUT2D eigenvalue weighted by molar-refractivity contribution is 7.99. The number of thioether (sulfide) groups is 1. The first kappa shape index (κ1) is 14.7. The van der Waals surface area contributed by atoms with Gasteiger partial charge < -0.3 is 9.84 Å². The summed E-state index contributed by atoms with van der Waals surface area (Å²) in [7, 11) is 1.58. The molecule has 1 aromatic heterocycles. The van der Waals surface area contributed by atoms with Gasteiger partial charge in [0.15, 0.2) is 11.5 Å². The number of hydrogen-bond acceptors (Lipinski definition) is 6. The Hall–Kier alpha value is -1.24. The van der Waals surface area contributed by atoms with Crippen LogP contribution in [0.4, 0.5) is 0 Å². The van der Waals surface area contributed by atoms with E-state index in [1.165, 1.54) is 5.01 Å². The normalized spacial score (nSPS) is 19.6. The van der Waals surface area contributed by atoms with Crippen molar-refractivity contribution in [1.29, 1.82) is 0 Å². The molecule has 1 aromatic carbocycles. The number of benzene rings is 1. The highest BCUT2D eigenvalue weighted by atomic mass is 32.2. The summed E-state index contributed by atoms with van der Waals surface area (Å²) in [5.74, 6) is 2.96. The third-order valence-corrected chi connectivity index (χ3v) is 5.51. The molecule has 0 aliphatic carbocycles. The van der Waals surface area contributed by atoms with Gasteiger partial charge in [-0.3, -0.25) is 4.90 Å². The Labute approximate surface area is 132 Å². The lowest BCUT2D eigenvalue weighted by Gasteiger charge is -2.34. The summed E-state index contributed by atoms with van der Waals surface area (Å²) in [6, 6.07) is 5.95. The lowest BCUT2D eigenvalue weighted by molar-refractivity contribution is 0.211. The van der Waals surface area contributed by atoms with Crippen LogP contribution in [-0.2, 0) is 6.54 Å². The lowest BCUT2D eigenvalue weighted by atomic mass is 10.1. The smallest absolute Gasteiger partial charge is 0.160 e. The van der Waals surface area contributed by atoms with E-state index < -0.39 is 0 Å². The second-order valence-electron chi connectivity index (χ2n) is 4.94. The van der Waals surface area contributed by atoms with Crippen LogP contribution in [0.1, 0.15) is 16.6 Å². The second kappa shape index (κ2) is 6.68. The number of ether oxygens (including phenoxy) is 1. The van der Waals surface area contributed by atoms with Gasteiger partial charge in [0.2, 0.25) is 0 Å². The first-order chi connectivity index (χ1) is 10.3. The van der Waals surface area contributed by atoms with Crippen molar-refractivity contribution in [1.82, 2.24) is 9.88 Å².